The minimum atomic E-state index is -0.943. The summed E-state index contributed by atoms with van der Waals surface area (Å²) in [5, 5.41) is 6.07. The first-order chi connectivity index (χ1) is 14.6. The molecule has 2 aromatic carbocycles. The molecule has 3 aliphatic rings. The number of halogens is 2. The molecule has 1 unspecified atom stereocenters. The van der Waals surface area contributed by atoms with Gasteiger partial charge in [-0.15, -0.1) is 0 Å². The summed E-state index contributed by atoms with van der Waals surface area (Å²) in [5.74, 6) is -0.759. The first-order valence-corrected chi connectivity index (χ1v) is 10.9. The molecule has 2 aromatic rings. The smallest absolute Gasteiger partial charge is 0.247 e. The van der Waals surface area contributed by atoms with Crippen LogP contribution in [0.15, 0.2) is 41.5 Å². The van der Waals surface area contributed by atoms with E-state index in [4.69, 9.17) is 9.47 Å². The third kappa shape index (κ3) is 3.43. The number of benzene rings is 2. The van der Waals surface area contributed by atoms with Crippen LogP contribution in [-0.4, -0.2) is 22.8 Å². The number of nitrogens with zero attached hydrogens (tertiary/aromatic N) is 2. The van der Waals surface area contributed by atoms with E-state index in [9.17, 15) is 13.6 Å². The number of hydrogen-bond donors (Lipinski definition) is 0. The lowest BCUT2D eigenvalue weighted by Crippen LogP contribution is -2.33. The van der Waals surface area contributed by atoms with Crippen molar-refractivity contribution in [2.45, 2.75) is 37.5 Å². The first-order valence-electron chi connectivity index (χ1n) is 10.0. The molecule has 5 rings (SSSR count). The van der Waals surface area contributed by atoms with Gasteiger partial charge in [0.25, 0.3) is 0 Å². The molecule has 30 heavy (non-hydrogen) atoms. The molecule has 0 aromatic heterocycles. The van der Waals surface area contributed by atoms with Gasteiger partial charge in [-0.1, -0.05) is 43.2 Å². The zero-order valence-corrected chi connectivity index (χ0v) is 17.0. The summed E-state index contributed by atoms with van der Waals surface area (Å²) in [6.07, 6.45) is 4.88. The molecule has 1 amide bonds. The monoisotopic (exact) mass is 430 g/mol. The fraction of sp³-hybridized carbons (Fsp3) is 0.364. The van der Waals surface area contributed by atoms with Gasteiger partial charge in [0, 0.05) is 17.0 Å². The predicted molar refractivity (Wildman–Crippen MR) is 109 cm³/mol. The molecular weight excluding hydrogens is 410 g/mol. The van der Waals surface area contributed by atoms with Crippen LogP contribution in [0.25, 0.3) is 0 Å². The number of ether oxygens (including phenoxy) is 2. The van der Waals surface area contributed by atoms with Gasteiger partial charge < -0.3 is 9.47 Å². The average Bonchev–Trinajstić information content (AvgIpc) is 3.43. The number of carbonyl (C=O) groups is 1. The number of para-hydroxylation sites is 1. The van der Waals surface area contributed by atoms with Gasteiger partial charge in [0.05, 0.1) is 0 Å². The fourth-order valence-corrected chi connectivity index (χ4v) is 5.30. The van der Waals surface area contributed by atoms with Gasteiger partial charge in [-0.2, -0.15) is 5.10 Å². The molecule has 156 valence electrons. The summed E-state index contributed by atoms with van der Waals surface area (Å²) >= 11 is 1.33. The Kier molecular flexibility index (Phi) is 5.10. The summed E-state index contributed by atoms with van der Waals surface area (Å²) in [6.45, 7) is 0.122. The maximum Gasteiger partial charge on any atom is 0.247 e. The summed E-state index contributed by atoms with van der Waals surface area (Å²) in [4.78, 5) is 13.4. The van der Waals surface area contributed by atoms with E-state index in [0.717, 1.165) is 49.8 Å². The molecule has 0 N–H and O–H groups in total. The molecule has 0 spiro atoms. The van der Waals surface area contributed by atoms with Crippen molar-refractivity contribution < 1.29 is 23.0 Å². The fourth-order valence-electron chi connectivity index (χ4n) is 4.13. The predicted octanol–water partition coefficient (Wildman–Crippen LogP) is 5.21. The van der Waals surface area contributed by atoms with E-state index in [-0.39, 0.29) is 18.6 Å². The topological polar surface area (TPSA) is 51.1 Å². The van der Waals surface area contributed by atoms with Crippen LogP contribution in [0.2, 0.25) is 0 Å². The highest BCUT2D eigenvalue weighted by molar-refractivity contribution is 8.14. The Balaban J connectivity index is 1.53. The molecular formula is C22H20F2N2O3S. The number of carbonyl (C=O) groups excluding carboxylic acids is 1. The van der Waals surface area contributed by atoms with Crippen LogP contribution < -0.4 is 9.47 Å². The first kappa shape index (κ1) is 19.4. The average molecular weight is 430 g/mol. The molecule has 1 fully saturated rings. The molecule has 1 aliphatic carbocycles. The highest BCUT2D eigenvalue weighted by atomic mass is 32.2. The SMILES string of the molecule is O=C(C1CCCCC1)N1N=C(c2ccc(F)c(F)c2)SC1c1cccc2c1OCO2. The largest absolute Gasteiger partial charge is 0.454 e. The third-order valence-electron chi connectivity index (χ3n) is 5.68. The number of fused-ring (bicyclic) bond motifs is 1. The van der Waals surface area contributed by atoms with Crippen LogP contribution in [0, 0.1) is 17.6 Å². The maximum absolute atomic E-state index is 13.8. The Morgan fingerprint density at radius 1 is 1.07 bits per heavy atom. The molecule has 0 bridgehead atoms. The Morgan fingerprint density at radius 3 is 2.70 bits per heavy atom. The zero-order chi connectivity index (χ0) is 20.7. The van der Waals surface area contributed by atoms with Crippen LogP contribution >= 0.6 is 11.8 Å². The van der Waals surface area contributed by atoms with Crippen LogP contribution in [0.3, 0.4) is 0 Å². The normalized spacial score (nSPS) is 21.1. The second-order valence-corrected chi connectivity index (χ2v) is 8.67. The van der Waals surface area contributed by atoms with E-state index >= 15 is 0 Å². The van der Waals surface area contributed by atoms with Crippen molar-refractivity contribution in [3.63, 3.8) is 0 Å². The van der Waals surface area contributed by atoms with Crippen molar-refractivity contribution in [1.29, 1.82) is 0 Å². The maximum atomic E-state index is 13.8. The van der Waals surface area contributed by atoms with E-state index in [1.165, 1.54) is 22.8 Å². The highest BCUT2D eigenvalue weighted by Gasteiger charge is 2.40. The molecule has 5 nitrogen and oxygen atoms in total. The molecule has 2 aliphatic heterocycles. The zero-order valence-electron chi connectivity index (χ0n) is 16.1. The molecule has 8 heteroatoms. The minimum absolute atomic E-state index is 0.0405. The molecule has 1 saturated carbocycles. The summed E-state index contributed by atoms with van der Waals surface area (Å²) in [5.41, 5.74) is 1.22. The number of hydrazone groups is 1. The van der Waals surface area contributed by atoms with Crippen molar-refractivity contribution >= 4 is 22.7 Å². The van der Waals surface area contributed by atoms with Gasteiger partial charge in [0.15, 0.2) is 23.1 Å². The van der Waals surface area contributed by atoms with E-state index in [0.29, 0.717) is 22.1 Å². The molecule has 2 heterocycles. The Bertz CT molecular complexity index is 1020. The lowest BCUT2D eigenvalue weighted by Gasteiger charge is -2.28. The molecule has 0 radical (unpaired) electrons. The standard InChI is InChI=1S/C22H20F2N2O3S/c23-16-10-9-14(11-17(16)24)20-25-26(21(27)13-5-2-1-3-6-13)22(30-20)15-7-4-8-18-19(15)29-12-28-18/h4,7-11,13,22H,1-3,5-6,12H2. The molecule has 0 saturated heterocycles. The highest BCUT2D eigenvalue weighted by Crippen LogP contribution is 2.49. The van der Waals surface area contributed by atoms with Crippen LogP contribution in [0.4, 0.5) is 8.78 Å². The van der Waals surface area contributed by atoms with Crippen molar-refractivity contribution in [2.75, 3.05) is 6.79 Å². The van der Waals surface area contributed by atoms with E-state index < -0.39 is 17.0 Å². The second kappa shape index (κ2) is 7.91. The summed E-state index contributed by atoms with van der Waals surface area (Å²) in [7, 11) is 0. The molecule has 1 atom stereocenters. The van der Waals surface area contributed by atoms with E-state index in [1.54, 1.807) is 0 Å². The third-order valence-corrected chi connectivity index (χ3v) is 6.90. The van der Waals surface area contributed by atoms with Gasteiger partial charge >= 0.3 is 0 Å². The Labute approximate surface area is 177 Å². The van der Waals surface area contributed by atoms with Crippen molar-refractivity contribution in [1.82, 2.24) is 5.01 Å². The van der Waals surface area contributed by atoms with Crippen molar-refractivity contribution in [3.05, 3.63) is 59.2 Å². The summed E-state index contributed by atoms with van der Waals surface area (Å²) < 4.78 is 38.4. The van der Waals surface area contributed by atoms with Gasteiger partial charge in [-0.3, -0.25) is 4.79 Å². The van der Waals surface area contributed by atoms with Gasteiger partial charge in [-0.25, -0.2) is 13.8 Å². The lowest BCUT2D eigenvalue weighted by atomic mass is 9.88. The van der Waals surface area contributed by atoms with Crippen molar-refractivity contribution in [2.24, 2.45) is 11.0 Å². The number of amides is 1. The van der Waals surface area contributed by atoms with Crippen LogP contribution in [0.5, 0.6) is 11.5 Å². The van der Waals surface area contributed by atoms with Crippen LogP contribution in [-0.2, 0) is 4.79 Å². The Hall–Kier alpha value is -2.61. The Morgan fingerprint density at radius 2 is 1.90 bits per heavy atom. The number of rotatable bonds is 3. The second-order valence-electron chi connectivity index (χ2n) is 7.60. The number of hydrogen-bond acceptors (Lipinski definition) is 5. The van der Waals surface area contributed by atoms with Gasteiger partial charge in [0.1, 0.15) is 10.4 Å². The van der Waals surface area contributed by atoms with Crippen LogP contribution in [0.1, 0.15) is 48.6 Å². The van der Waals surface area contributed by atoms with Gasteiger partial charge in [0.2, 0.25) is 12.7 Å². The van der Waals surface area contributed by atoms with Crippen molar-refractivity contribution in [3.8, 4) is 11.5 Å². The summed E-state index contributed by atoms with van der Waals surface area (Å²) in [6, 6.07) is 9.21. The quantitative estimate of drug-likeness (QED) is 0.671. The lowest BCUT2D eigenvalue weighted by molar-refractivity contribution is -0.137. The number of thioether (sulfide) groups is 1. The van der Waals surface area contributed by atoms with E-state index in [1.807, 2.05) is 18.2 Å². The van der Waals surface area contributed by atoms with Gasteiger partial charge in [-0.05, 0) is 37.1 Å². The van der Waals surface area contributed by atoms with E-state index in [2.05, 4.69) is 5.10 Å². The minimum Gasteiger partial charge on any atom is -0.454 e.